The van der Waals surface area contributed by atoms with Gasteiger partial charge in [0.05, 0.1) is 17.9 Å². The molecule has 43 heavy (non-hydrogen) atoms. The summed E-state index contributed by atoms with van der Waals surface area (Å²) < 4.78 is 21.9. The van der Waals surface area contributed by atoms with Crippen molar-refractivity contribution in [2.75, 3.05) is 19.7 Å². The third-order valence-electron chi connectivity index (χ3n) is 8.19. The average Bonchev–Trinajstić information content (AvgIpc) is 3.01. The van der Waals surface area contributed by atoms with Crippen LogP contribution < -0.4 is 10.5 Å². The number of nitrogens with two attached hydrogens (primary N) is 1. The number of amidine groups is 1. The van der Waals surface area contributed by atoms with Gasteiger partial charge in [0.1, 0.15) is 17.4 Å². The van der Waals surface area contributed by atoms with Gasteiger partial charge in [0.15, 0.2) is 5.78 Å². The van der Waals surface area contributed by atoms with Crippen molar-refractivity contribution >= 4 is 23.1 Å². The minimum absolute atomic E-state index is 0.0135. The monoisotopic (exact) mass is 596 g/mol. The van der Waals surface area contributed by atoms with Crippen LogP contribution in [0.1, 0.15) is 116 Å². The number of aliphatic imine (C=N–C) groups is 1. The van der Waals surface area contributed by atoms with Gasteiger partial charge >= 0.3 is 0 Å². The Morgan fingerprint density at radius 3 is 2.37 bits per heavy atom. The lowest BCUT2D eigenvalue weighted by Gasteiger charge is -2.41. The number of ketones is 1. The van der Waals surface area contributed by atoms with Crippen LogP contribution in [0.5, 0.6) is 5.75 Å². The molecule has 7 nitrogen and oxygen atoms in total. The molecule has 3 rings (SSSR count). The minimum atomic E-state index is -0.544. The third-order valence-corrected chi connectivity index (χ3v) is 8.19. The van der Waals surface area contributed by atoms with E-state index in [0.29, 0.717) is 49.4 Å². The molecular formula is C35H53FN4O3. The Labute approximate surface area is 258 Å². The van der Waals surface area contributed by atoms with Crippen LogP contribution in [0.15, 0.2) is 47.0 Å². The number of hydrogen-bond donors (Lipinski definition) is 1. The van der Waals surface area contributed by atoms with Crippen molar-refractivity contribution in [1.82, 2.24) is 9.80 Å². The largest absolute Gasteiger partial charge is 0.493 e. The van der Waals surface area contributed by atoms with Crippen LogP contribution in [0.4, 0.5) is 4.39 Å². The third kappa shape index (κ3) is 8.58. The van der Waals surface area contributed by atoms with E-state index in [0.717, 1.165) is 30.8 Å². The van der Waals surface area contributed by atoms with E-state index < -0.39 is 5.82 Å². The standard InChI is InChI=1S/C31H43FN4O3.C4H10/c1-8-19(5)28(29-25(32)15-23(21(7)37)16-26(29)39-11-4)30-31(33)34-17-24(9-2)36(30)20(6)22-13-12-14-35(18-22)27(38)10-3;1-3-4-2/h15-17,19,22H,6,8-14,18H2,1-5,7H3,(H2,33,34);3-4H2,1-2H3/b30-28+;. The highest BCUT2D eigenvalue weighted by Crippen LogP contribution is 2.43. The van der Waals surface area contributed by atoms with Crippen LogP contribution >= 0.6 is 0 Å². The van der Waals surface area contributed by atoms with Crippen molar-refractivity contribution in [2.45, 2.75) is 100 Å². The van der Waals surface area contributed by atoms with Crippen LogP contribution in [0.25, 0.3) is 5.57 Å². The predicted octanol–water partition coefficient (Wildman–Crippen LogP) is 8.08. The predicted molar refractivity (Wildman–Crippen MR) is 175 cm³/mol. The molecule has 8 heteroatoms. The molecule has 1 amide bonds. The van der Waals surface area contributed by atoms with Gasteiger partial charge in [-0.25, -0.2) is 9.38 Å². The molecule has 0 radical (unpaired) electrons. The van der Waals surface area contributed by atoms with Gasteiger partial charge in [0, 0.05) is 48.6 Å². The summed E-state index contributed by atoms with van der Waals surface area (Å²) in [5, 5.41) is 0. The topological polar surface area (TPSA) is 88.2 Å². The highest BCUT2D eigenvalue weighted by atomic mass is 19.1. The van der Waals surface area contributed by atoms with E-state index in [4.69, 9.17) is 10.5 Å². The van der Waals surface area contributed by atoms with Crippen molar-refractivity contribution in [3.05, 3.63) is 58.9 Å². The molecule has 2 unspecified atom stereocenters. The molecule has 0 spiro atoms. The lowest BCUT2D eigenvalue weighted by Crippen LogP contribution is -2.43. The number of Topliss-reactive ketones (excluding diaryl/α,β-unsaturated/α-hetero) is 1. The Bertz CT molecular complexity index is 1250. The quantitative estimate of drug-likeness (QED) is 0.261. The average molecular weight is 597 g/mol. The summed E-state index contributed by atoms with van der Waals surface area (Å²) in [5.41, 5.74) is 10.1. The second-order valence-electron chi connectivity index (χ2n) is 11.2. The molecule has 0 aromatic heterocycles. The fourth-order valence-corrected chi connectivity index (χ4v) is 5.36. The van der Waals surface area contributed by atoms with Crippen LogP contribution in [-0.4, -0.2) is 47.0 Å². The van der Waals surface area contributed by atoms with Crippen LogP contribution in [0.2, 0.25) is 0 Å². The van der Waals surface area contributed by atoms with Crippen molar-refractivity contribution < 1.29 is 18.7 Å². The number of likely N-dealkylation sites (tertiary alicyclic amines) is 1. The number of nitrogens with zero attached hydrogens (tertiary/aromatic N) is 3. The summed E-state index contributed by atoms with van der Waals surface area (Å²) in [4.78, 5) is 33.1. The number of carbonyl (C=O) groups is 2. The van der Waals surface area contributed by atoms with E-state index in [1.54, 1.807) is 12.3 Å². The zero-order valence-electron chi connectivity index (χ0n) is 27.7. The Balaban J connectivity index is 0.00000151. The summed E-state index contributed by atoms with van der Waals surface area (Å²) in [6.45, 7) is 21.7. The zero-order valence-corrected chi connectivity index (χ0v) is 27.7. The molecule has 0 aliphatic carbocycles. The van der Waals surface area contributed by atoms with E-state index in [1.807, 2.05) is 44.4 Å². The van der Waals surface area contributed by atoms with Gasteiger partial charge in [-0.15, -0.1) is 0 Å². The fourth-order valence-electron chi connectivity index (χ4n) is 5.36. The number of piperidine rings is 1. The van der Waals surface area contributed by atoms with Crippen LogP contribution in [0.3, 0.4) is 0 Å². The molecule has 1 saturated heterocycles. The second kappa shape index (κ2) is 17.0. The van der Waals surface area contributed by atoms with Gasteiger partial charge in [0.25, 0.3) is 0 Å². The first-order valence-corrected chi connectivity index (χ1v) is 16.0. The summed E-state index contributed by atoms with van der Waals surface area (Å²) in [5.74, 6) is -0.207. The zero-order chi connectivity index (χ0) is 32.3. The summed E-state index contributed by atoms with van der Waals surface area (Å²) >= 11 is 0. The van der Waals surface area contributed by atoms with Crippen molar-refractivity contribution in [3.63, 3.8) is 0 Å². The van der Waals surface area contributed by atoms with Crippen molar-refractivity contribution in [3.8, 4) is 5.75 Å². The molecule has 1 aromatic carbocycles. The van der Waals surface area contributed by atoms with E-state index in [2.05, 4.69) is 25.4 Å². The Hall–Kier alpha value is -3.42. The number of amides is 1. The second-order valence-corrected chi connectivity index (χ2v) is 11.2. The molecule has 2 N–H and O–H groups in total. The number of benzene rings is 1. The number of ether oxygens (including phenoxy) is 1. The van der Waals surface area contributed by atoms with Gasteiger partial charge in [-0.2, -0.15) is 0 Å². The number of carbonyl (C=O) groups excluding carboxylic acids is 2. The SMILES string of the molecule is C=C(C1CCCN(C(=O)CC)C1)N1C(CC)=CN=C(N)/C1=C(\c1c(F)cc(C(C)=O)cc1OCC)C(C)CC.CCCC. The Morgan fingerprint density at radius 2 is 1.84 bits per heavy atom. The van der Waals surface area contributed by atoms with E-state index in [-0.39, 0.29) is 40.5 Å². The van der Waals surface area contributed by atoms with Gasteiger partial charge in [0.2, 0.25) is 5.91 Å². The van der Waals surface area contributed by atoms with E-state index >= 15 is 4.39 Å². The lowest BCUT2D eigenvalue weighted by molar-refractivity contribution is -0.132. The molecule has 2 aliphatic heterocycles. The molecular weight excluding hydrogens is 543 g/mol. The van der Waals surface area contributed by atoms with Crippen LogP contribution in [0, 0.1) is 17.7 Å². The highest BCUT2D eigenvalue weighted by molar-refractivity contribution is 6.06. The van der Waals surface area contributed by atoms with Crippen molar-refractivity contribution in [1.29, 1.82) is 0 Å². The Morgan fingerprint density at radius 1 is 1.16 bits per heavy atom. The van der Waals surface area contributed by atoms with Gasteiger partial charge in [-0.1, -0.05) is 61.0 Å². The maximum absolute atomic E-state index is 16.0. The van der Waals surface area contributed by atoms with E-state index in [1.165, 1.54) is 25.8 Å². The van der Waals surface area contributed by atoms with Crippen molar-refractivity contribution in [2.24, 2.45) is 22.6 Å². The normalized spacial score (nSPS) is 18.6. The molecule has 238 valence electrons. The molecule has 2 heterocycles. The summed E-state index contributed by atoms with van der Waals surface area (Å²) in [6.07, 6.45) is 7.97. The number of allylic oxidation sites excluding steroid dienone is 2. The number of halogens is 1. The van der Waals surface area contributed by atoms with Gasteiger partial charge in [-0.05, 0) is 63.2 Å². The number of rotatable bonds is 11. The van der Waals surface area contributed by atoms with Gasteiger partial charge in [-0.3, -0.25) is 9.59 Å². The molecule has 0 saturated carbocycles. The molecule has 2 aliphatic rings. The van der Waals surface area contributed by atoms with Crippen LogP contribution in [-0.2, 0) is 4.79 Å². The minimum Gasteiger partial charge on any atom is -0.493 e. The lowest BCUT2D eigenvalue weighted by atomic mass is 9.86. The molecule has 0 bridgehead atoms. The first-order chi connectivity index (χ1) is 20.5. The number of unbranched alkanes of at least 4 members (excludes halogenated alkanes) is 1. The maximum atomic E-state index is 16.0. The molecule has 1 fully saturated rings. The number of hydrogen-bond acceptors (Lipinski definition) is 6. The fraction of sp³-hybridized carbons (Fsp3) is 0.571. The van der Waals surface area contributed by atoms with Gasteiger partial charge < -0.3 is 20.3 Å². The Kier molecular flexibility index (Phi) is 14.2. The molecule has 2 atom stereocenters. The molecule has 1 aromatic rings. The first kappa shape index (κ1) is 35.8. The highest BCUT2D eigenvalue weighted by Gasteiger charge is 2.35. The first-order valence-electron chi connectivity index (χ1n) is 16.0. The summed E-state index contributed by atoms with van der Waals surface area (Å²) in [6, 6.07) is 2.87. The maximum Gasteiger partial charge on any atom is 0.222 e. The smallest absolute Gasteiger partial charge is 0.222 e. The summed E-state index contributed by atoms with van der Waals surface area (Å²) in [7, 11) is 0. The van der Waals surface area contributed by atoms with E-state index in [9.17, 15) is 9.59 Å².